The molecule has 1 atom stereocenters. The minimum absolute atomic E-state index is 0.311. The summed E-state index contributed by atoms with van der Waals surface area (Å²) in [5.74, 6) is 0.337. The number of hydrogen-bond donors (Lipinski definition) is 2. The first kappa shape index (κ1) is 12.7. The average molecular weight is 282 g/mol. The van der Waals surface area contributed by atoms with Crippen LogP contribution in [-0.4, -0.2) is 25.4 Å². The van der Waals surface area contributed by atoms with Crippen molar-refractivity contribution in [3.05, 3.63) is 23.8 Å². The third-order valence-electron chi connectivity index (χ3n) is 4.83. The van der Waals surface area contributed by atoms with Crippen LogP contribution < -0.4 is 20.8 Å². The molecule has 21 heavy (non-hydrogen) atoms. The lowest BCUT2D eigenvalue weighted by atomic mass is 9.74. The van der Waals surface area contributed by atoms with Gasteiger partial charge in [0.25, 0.3) is 5.91 Å². The maximum Gasteiger partial charge on any atom is 0.322 e. The van der Waals surface area contributed by atoms with E-state index in [1.807, 2.05) is 0 Å². The van der Waals surface area contributed by atoms with E-state index in [-0.39, 0.29) is 11.5 Å². The highest BCUT2D eigenvalue weighted by molar-refractivity contribution is 6.32. The van der Waals surface area contributed by atoms with E-state index < -0.39 is 11.6 Å². The number of hydrogen-bond acceptors (Lipinski definition) is 3. The van der Waals surface area contributed by atoms with Crippen LogP contribution in [-0.2, 0) is 10.3 Å². The molecule has 106 valence electrons. The van der Waals surface area contributed by atoms with Crippen molar-refractivity contribution >= 4 is 25.2 Å². The molecule has 3 amide bonds. The van der Waals surface area contributed by atoms with E-state index in [4.69, 9.17) is 12.6 Å². The zero-order valence-corrected chi connectivity index (χ0v) is 11.6. The third kappa shape index (κ3) is 1.71. The number of fused-ring (bicyclic) bond motifs is 2. The lowest BCUT2D eigenvalue weighted by Crippen LogP contribution is -2.55. The maximum atomic E-state index is 12.5. The molecule has 0 aromatic heterocycles. The van der Waals surface area contributed by atoms with Gasteiger partial charge in [0.1, 0.15) is 19.2 Å². The normalized spacial score (nSPS) is 29.1. The van der Waals surface area contributed by atoms with Crippen LogP contribution in [0, 0.1) is 0 Å². The predicted octanol–water partition coefficient (Wildman–Crippen LogP) is 0.610. The molecular formula is C15H15BN2O3. The summed E-state index contributed by atoms with van der Waals surface area (Å²) in [6.45, 7) is 0. The van der Waals surface area contributed by atoms with Gasteiger partial charge in [-0.25, -0.2) is 4.79 Å². The number of amides is 3. The quantitative estimate of drug-likeness (QED) is 0.541. The first-order valence-electron chi connectivity index (χ1n) is 7.26. The van der Waals surface area contributed by atoms with E-state index in [1.54, 1.807) is 18.2 Å². The molecule has 0 bridgehead atoms. The molecule has 2 spiro atoms. The van der Waals surface area contributed by atoms with E-state index in [1.165, 1.54) is 0 Å². The van der Waals surface area contributed by atoms with Crippen LogP contribution in [0.15, 0.2) is 18.2 Å². The minimum Gasteiger partial charge on any atom is -0.487 e. The summed E-state index contributed by atoms with van der Waals surface area (Å²) < 4.78 is 6.22. The van der Waals surface area contributed by atoms with E-state index in [9.17, 15) is 9.59 Å². The van der Waals surface area contributed by atoms with Gasteiger partial charge in [-0.1, -0.05) is 17.6 Å². The van der Waals surface area contributed by atoms with E-state index in [0.717, 1.165) is 25.7 Å². The van der Waals surface area contributed by atoms with E-state index >= 15 is 0 Å². The van der Waals surface area contributed by atoms with Crippen LogP contribution in [0.1, 0.15) is 37.7 Å². The molecular weight excluding hydrogens is 267 g/mol. The van der Waals surface area contributed by atoms with Crippen molar-refractivity contribution in [2.45, 2.75) is 43.2 Å². The predicted molar refractivity (Wildman–Crippen MR) is 76.6 cm³/mol. The molecule has 1 aromatic rings. The molecule has 1 unspecified atom stereocenters. The standard InChI is InChI=1S/C15H15BN2O3/c16-9-3-4-11-10(7-9)15(12(19)17-13(20)18-15)8-14(21-11)5-1-2-6-14/h3-4,7H,1-2,5-6,8H2,(H2,17,18,19,20). The van der Waals surface area contributed by atoms with Crippen LogP contribution in [0.4, 0.5) is 4.79 Å². The van der Waals surface area contributed by atoms with Crippen LogP contribution in [0.3, 0.4) is 0 Å². The van der Waals surface area contributed by atoms with Crippen molar-refractivity contribution in [2.24, 2.45) is 0 Å². The summed E-state index contributed by atoms with van der Waals surface area (Å²) >= 11 is 0. The number of ether oxygens (including phenoxy) is 1. The Morgan fingerprint density at radius 1 is 1.19 bits per heavy atom. The lowest BCUT2D eigenvalue weighted by molar-refractivity contribution is -0.128. The number of carbonyl (C=O) groups is 2. The second-order valence-corrected chi connectivity index (χ2v) is 6.24. The summed E-state index contributed by atoms with van der Waals surface area (Å²) in [5.41, 5.74) is -0.209. The largest absolute Gasteiger partial charge is 0.487 e. The molecule has 2 N–H and O–H groups in total. The molecule has 4 rings (SSSR count). The minimum atomic E-state index is -1.05. The highest BCUT2D eigenvalue weighted by atomic mass is 16.5. The molecule has 1 aromatic carbocycles. The van der Waals surface area contributed by atoms with Crippen molar-refractivity contribution in [3.63, 3.8) is 0 Å². The molecule has 2 heterocycles. The van der Waals surface area contributed by atoms with Crippen molar-refractivity contribution < 1.29 is 14.3 Å². The van der Waals surface area contributed by atoms with Crippen molar-refractivity contribution in [2.75, 3.05) is 0 Å². The highest BCUT2D eigenvalue weighted by Crippen LogP contribution is 2.50. The maximum absolute atomic E-state index is 12.5. The zero-order valence-electron chi connectivity index (χ0n) is 11.6. The van der Waals surface area contributed by atoms with Crippen LogP contribution in [0.2, 0.25) is 0 Å². The second kappa shape index (κ2) is 4.03. The topological polar surface area (TPSA) is 67.4 Å². The Balaban J connectivity index is 1.91. The molecule has 1 saturated carbocycles. The van der Waals surface area contributed by atoms with Gasteiger partial charge < -0.3 is 10.1 Å². The molecule has 2 aliphatic heterocycles. The number of rotatable bonds is 0. The molecule has 2 radical (unpaired) electrons. The Kier molecular flexibility index (Phi) is 2.44. The van der Waals surface area contributed by atoms with Gasteiger partial charge in [0, 0.05) is 12.0 Å². The second-order valence-electron chi connectivity index (χ2n) is 6.24. The Hall–Kier alpha value is -1.98. The summed E-state index contributed by atoms with van der Waals surface area (Å²) in [5, 5.41) is 5.18. The summed E-state index contributed by atoms with van der Waals surface area (Å²) in [6, 6.07) is 4.82. The van der Waals surface area contributed by atoms with E-state index in [2.05, 4.69) is 10.6 Å². The Bertz CT molecular complexity index is 654. The smallest absolute Gasteiger partial charge is 0.322 e. The van der Waals surface area contributed by atoms with Gasteiger partial charge in [-0.2, -0.15) is 0 Å². The fraction of sp³-hybridized carbons (Fsp3) is 0.467. The fourth-order valence-corrected chi connectivity index (χ4v) is 3.92. The van der Waals surface area contributed by atoms with Crippen molar-refractivity contribution in [1.29, 1.82) is 0 Å². The summed E-state index contributed by atoms with van der Waals surface area (Å²) in [4.78, 5) is 24.2. The molecule has 1 saturated heterocycles. The van der Waals surface area contributed by atoms with Gasteiger partial charge in [0.05, 0.1) is 0 Å². The van der Waals surface area contributed by atoms with Crippen LogP contribution in [0.25, 0.3) is 0 Å². The van der Waals surface area contributed by atoms with Crippen LogP contribution in [0.5, 0.6) is 5.75 Å². The third-order valence-corrected chi connectivity index (χ3v) is 4.83. The number of imide groups is 1. The van der Waals surface area contributed by atoms with E-state index in [0.29, 0.717) is 23.2 Å². The molecule has 2 fully saturated rings. The highest BCUT2D eigenvalue weighted by Gasteiger charge is 2.58. The monoisotopic (exact) mass is 282 g/mol. The SMILES string of the molecule is [B]c1ccc2c(c1)C1(CC3(CCCC3)O2)NC(=O)NC1=O. The zero-order chi connectivity index (χ0) is 14.7. The van der Waals surface area contributed by atoms with Gasteiger partial charge in [-0.05, 0) is 31.7 Å². The summed E-state index contributed by atoms with van der Waals surface area (Å²) in [6.07, 6.45) is 4.43. The fourth-order valence-electron chi connectivity index (χ4n) is 3.92. The molecule has 1 aliphatic carbocycles. The molecule has 5 nitrogen and oxygen atoms in total. The first-order valence-corrected chi connectivity index (χ1v) is 7.26. The lowest BCUT2D eigenvalue weighted by Gasteiger charge is -2.44. The number of benzene rings is 1. The number of nitrogens with one attached hydrogen (secondary N) is 2. The summed E-state index contributed by atoms with van der Waals surface area (Å²) in [7, 11) is 5.86. The van der Waals surface area contributed by atoms with Gasteiger partial charge in [0.15, 0.2) is 5.54 Å². The van der Waals surface area contributed by atoms with Gasteiger partial charge in [-0.3, -0.25) is 10.1 Å². The number of carbonyl (C=O) groups excluding carboxylic acids is 2. The van der Waals surface area contributed by atoms with Gasteiger partial charge in [-0.15, -0.1) is 0 Å². The Labute approximate surface area is 123 Å². The molecule has 3 aliphatic rings. The Morgan fingerprint density at radius 2 is 1.95 bits per heavy atom. The average Bonchev–Trinajstić information content (AvgIpc) is 2.97. The van der Waals surface area contributed by atoms with Crippen molar-refractivity contribution in [1.82, 2.24) is 10.6 Å². The molecule has 6 heteroatoms. The van der Waals surface area contributed by atoms with Gasteiger partial charge >= 0.3 is 6.03 Å². The first-order chi connectivity index (χ1) is 10.0. The number of urea groups is 1. The van der Waals surface area contributed by atoms with Crippen molar-refractivity contribution in [3.8, 4) is 5.75 Å². The van der Waals surface area contributed by atoms with Crippen LogP contribution >= 0.6 is 0 Å². The van der Waals surface area contributed by atoms with Gasteiger partial charge in [0.2, 0.25) is 0 Å². The Morgan fingerprint density at radius 3 is 2.62 bits per heavy atom.